The summed E-state index contributed by atoms with van der Waals surface area (Å²) in [7, 11) is 0. The molecule has 94 valence electrons. The van der Waals surface area contributed by atoms with Crippen molar-refractivity contribution >= 4 is 0 Å². The monoisotopic (exact) mass is 244 g/mol. The molecule has 0 saturated carbocycles. The quantitative estimate of drug-likeness (QED) is 0.866. The average Bonchev–Trinajstić information content (AvgIpc) is 2.39. The van der Waals surface area contributed by atoms with Crippen LogP contribution >= 0.6 is 0 Å². The molecule has 2 rings (SSSR count). The lowest BCUT2D eigenvalue weighted by Crippen LogP contribution is -2.05. The van der Waals surface area contributed by atoms with Crippen molar-refractivity contribution in [3.63, 3.8) is 0 Å². The fourth-order valence-electron chi connectivity index (χ4n) is 1.61. The minimum Gasteiger partial charge on any atom is -0.439 e. The van der Waals surface area contributed by atoms with Gasteiger partial charge in [0.15, 0.2) is 0 Å². The number of hydrogen-bond acceptors (Lipinski definition) is 4. The SMILES string of the molecule is C[C@H](N)c1ccnc(Oc2ccccc2CO)c1. The zero-order valence-corrected chi connectivity index (χ0v) is 10.2. The van der Waals surface area contributed by atoms with Crippen LogP contribution in [0.25, 0.3) is 0 Å². The Morgan fingerprint density at radius 3 is 2.83 bits per heavy atom. The summed E-state index contributed by atoms with van der Waals surface area (Å²) in [4.78, 5) is 4.13. The van der Waals surface area contributed by atoms with Crippen LogP contribution in [0.2, 0.25) is 0 Å². The number of aromatic nitrogens is 1. The minimum atomic E-state index is -0.0663. The molecule has 1 aromatic heterocycles. The van der Waals surface area contributed by atoms with E-state index in [-0.39, 0.29) is 12.6 Å². The zero-order valence-electron chi connectivity index (χ0n) is 10.2. The van der Waals surface area contributed by atoms with Gasteiger partial charge in [-0.3, -0.25) is 0 Å². The fourth-order valence-corrected chi connectivity index (χ4v) is 1.61. The molecule has 3 N–H and O–H groups in total. The maximum atomic E-state index is 9.22. The number of nitrogens with zero attached hydrogens (tertiary/aromatic N) is 1. The van der Waals surface area contributed by atoms with E-state index in [1.807, 2.05) is 31.2 Å². The number of ether oxygens (including phenoxy) is 1. The summed E-state index contributed by atoms with van der Waals surface area (Å²) in [6.45, 7) is 1.84. The molecule has 0 saturated heterocycles. The van der Waals surface area contributed by atoms with Crippen molar-refractivity contribution in [2.24, 2.45) is 5.73 Å². The molecule has 0 aliphatic heterocycles. The summed E-state index contributed by atoms with van der Waals surface area (Å²) < 4.78 is 5.66. The van der Waals surface area contributed by atoms with Crippen LogP contribution in [0.3, 0.4) is 0 Å². The third-order valence-electron chi connectivity index (χ3n) is 2.64. The predicted molar refractivity (Wildman–Crippen MR) is 69.3 cm³/mol. The van der Waals surface area contributed by atoms with Gasteiger partial charge in [0.1, 0.15) is 5.75 Å². The van der Waals surface area contributed by atoms with Crippen molar-refractivity contribution in [2.75, 3.05) is 0 Å². The number of para-hydroxylation sites is 1. The van der Waals surface area contributed by atoms with Gasteiger partial charge in [-0.15, -0.1) is 0 Å². The summed E-state index contributed by atoms with van der Waals surface area (Å²) in [5.74, 6) is 1.08. The number of rotatable bonds is 4. The number of aliphatic hydroxyl groups is 1. The first kappa shape index (κ1) is 12.5. The largest absolute Gasteiger partial charge is 0.439 e. The molecule has 1 heterocycles. The molecule has 0 unspecified atom stereocenters. The van der Waals surface area contributed by atoms with Gasteiger partial charge in [-0.2, -0.15) is 0 Å². The van der Waals surface area contributed by atoms with E-state index in [1.165, 1.54) is 0 Å². The van der Waals surface area contributed by atoms with E-state index < -0.39 is 0 Å². The second-order valence-corrected chi connectivity index (χ2v) is 4.08. The Balaban J connectivity index is 2.25. The molecule has 1 aromatic carbocycles. The van der Waals surface area contributed by atoms with Gasteiger partial charge in [0.05, 0.1) is 6.61 Å². The third-order valence-corrected chi connectivity index (χ3v) is 2.64. The number of benzene rings is 1. The van der Waals surface area contributed by atoms with Crippen LogP contribution < -0.4 is 10.5 Å². The molecule has 0 bridgehead atoms. The smallest absolute Gasteiger partial charge is 0.219 e. The molecule has 0 aliphatic rings. The molecule has 0 spiro atoms. The van der Waals surface area contributed by atoms with Gasteiger partial charge in [-0.25, -0.2) is 4.98 Å². The fraction of sp³-hybridized carbons (Fsp3) is 0.214. The number of nitrogens with two attached hydrogens (primary N) is 1. The molecule has 1 atom stereocenters. The maximum absolute atomic E-state index is 9.22. The Morgan fingerprint density at radius 1 is 1.33 bits per heavy atom. The molecule has 0 fully saturated rings. The Kier molecular flexibility index (Phi) is 3.92. The van der Waals surface area contributed by atoms with E-state index >= 15 is 0 Å². The van der Waals surface area contributed by atoms with Crippen molar-refractivity contribution in [1.29, 1.82) is 0 Å². The highest BCUT2D eigenvalue weighted by Crippen LogP contribution is 2.25. The van der Waals surface area contributed by atoms with Crippen molar-refractivity contribution < 1.29 is 9.84 Å². The van der Waals surface area contributed by atoms with Crippen molar-refractivity contribution in [3.8, 4) is 11.6 Å². The lowest BCUT2D eigenvalue weighted by atomic mass is 10.1. The number of pyridine rings is 1. The summed E-state index contributed by atoms with van der Waals surface area (Å²) in [6.07, 6.45) is 1.66. The van der Waals surface area contributed by atoms with E-state index in [9.17, 15) is 5.11 Å². The van der Waals surface area contributed by atoms with Crippen LogP contribution in [-0.4, -0.2) is 10.1 Å². The average molecular weight is 244 g/mol. The van der Waals surface area contributed by atoms with Gasteiger partial charge in [-0.05, 0) is 24.6 Å². The molecular weight excluding hydrogens is 228 g/mol. The second-order valence-electron chi connectivity index (χ2n) is 4.08. The molecule has 4 heteroatoms. The molecule has 2 aromatic rings. The Labute approximate surface area is 106 Å². The third kappa shape index (κ3) is 2.85. The van der Waals surface area contributed by atoms with Crippen LogP contribution in [0.5, 0.6) is 11.6 Å². The standard InChI is InChI=1S/C14H16N2O2/c1-10(15)11-6-7-16-14(8-11)18-13-5-3-2-4-12(13)9-17/h2-8,10,17H,9,15H2,1H3/t10-/m0/s1. The highest BCUT2D eigenvalue weighted by Gasteiger charge is 2.06. The van der Waals surface area contributed by atoms with Gasteiger partial charge < -0.3 is 15.6 Å². The highest BCUT2D eigenvalue weighted by atomic mass is 16.5. The van der Waals surface area contributed by atoms with Gasteiger partial charge >= 0.3 is 0 Å². The molecule has 0 amide bonds. The first-order valence-electron chi connectivity index (χ1n) is 5.79. The van der Waals surface area contributed by atoms with E-state index in [1.54, 1.807) is 18.3 Å². The van der Waals surface area contributed by atoms with Gasteiger partial charge in [-0.1, -0.05) is 18.2 Å². The Hall–Kier alpha value is -1.91. The van der Waals surface area contributed by atoms with Crippen LogP contribution in [-0.2, 0) is 6.61 Å². The van der Waals surface area contributed by atoms with Crippen LogP contribution in [0.4, 0.5) is 0 Å². The maximum Gasteiger partial charge on any atom is 0.219 e. The summed E-state index contributed by atoms with van der Waals surface area (Å²) in [5, 5.41) is 9.22. The lowest BCUT2D eigenvalue weighted by Gasteiger charge is -2.10. The summed E-state index contributed by atoms with van der Waals surface area (Å²) >= 11 is 0. The molecule has 0 aliphatic carbocycles. The summed E-state index contributed by atoms with van der Waals surface area (Å²) in [6, 6.07) is 10.9. The zero-order chi connectivity index (χ0) is 13.0. The van der Waals surface area contributed by atoms with Crippen molar-refractivity contribution in [1.82, 2.24) is 4.98 Å². The Morgan fingerprint density at radius 2 is 2.11 bits per heavy atom. The highest BCUT2D eigenvalue weighted by molar-refractivity contribution is 5.36. The number of aliphatic hydroxyl groups excluding tert-OH is 1. The lowest BCUT2D eigenvalue weighted by molar-refractivity contribution is 0.276. The van der Waals surface area contributed by atoms with Crippen molar-refractivity contribution in [2.45, 2.75) is 19.6 Å². The van der Waals surface area contributed by atoms with Gasteiger partial charge in [0.2, 0.25) is 5.88 Å². The van der Waals surface area contributed by atoms with Crippen LogP contribution in [0, 0.1) is 0 Å². The predicted octanol–water partition coefficient (Wildman–Crippen LogP) is 2.39. The van der Waals surface area contributed by atoms with Crippen LogP contribution in [0.15, 0.2) is 42.6 Å². The number of hydrogen-bond donors (Lipinski definition) is 2. The first-order valence-corrected chi connectivity index (χ1v) is 5.79. The van der Waals surface area contributed by atoms with E-state index in [0.29, 0.717) is 11.6 Å². The van der Waals surface area contributed by atoms with Crippen LogP contribution in [0.1, 0.15) is 24.1 Å². The Bertz CT molecular complexity index is 527. The minimum absolute atomic E-state index is 0.0663. The molecule has 18 heavy (non-hydrogen) atoms. The molecule has 0 radical (unpaired) electrons. The van der Waals surface area contributed by atoms with E-state index in [2.05, 4.69) is 4.98 Å². The second kappa shape index (κ2) is 5.62. The summed E-state index contributed by atoms with van der Waals surface area (Å²) in [5.41, 5.74) is 7.50. The van der Waals surface area contributed by atoms with E-state index in [0.717, 1.165) is 11.1 Å². The van der Waals surface area contributed by atoms with Crippen molar-refractivity contribution in [3.05, 3.63) is 53.7 Å². The topological polar surface area (TPSA) is 68.4 Å². The normalized spacial score (nSPS) is 12.2. The first-order chi connectivity index (χ1) is 8.70. The van der Waals surface area contributed by atoms with Gasteiger partial charge in [0, 0.05) is 23.9 Å². The van der Waals surface area contributed by atoms with E-state index in [4.69, 9.17) is 10.5 Å². The van der Waals surface area contributed by atoms with Gasteiger partial charge in [0.25, 0.3) is 0 Å². The molecular formula is C14H16N2O2. The molecule has 4 nitrogen and oxygen atoms in total.